The van der Waals surface area contributed by atoms with Gasteiger partial charge >= 0.3 is 0 Å². The summed E-state index contributed by atoms with van der Waals surface area (Å²) in [4.78, 5) is 13.6. The topological polar surface area (TPSA) is 29.5 Å². The molecule has 0 aliphatic rings. The summed E-state index contributed by atoms with van der Waals surface area (Å²) in [6.07, 6.45) is 0. The molecule has 21 heavy (non-hydrogen) atoms. The molecule has 0 aliphatic carbocycles. The standard InChI is InChI=1S/C15H12Cl3NO2/c1-21-14-7-6-12(8-13(14)18)19(15(20)9-16)11-4-2-10(17)3-5-11/h2-8H,9H2,1H3. The Bertz CT molecular complexity index is 644. The van der Waals surface area contributed by atoms with E-state index in [9.17, 15) is 4.79 Å². The van der Waals surface area contributed by atoms with Crippen LogP contribution in [0.15, 0.2) is 42.5 Å². The summed E-state index contributed by atoms with van der Waals surface area (Å²) >= 11 is 17.7. The molecule has 0 saturated carbocycles. The smallest absolute Gasteiger partial charge is 0.246 e. The molecule has 6 heteroatoms. The number of methoxy groups -OCH3 is 1. The minimum atomic E-state index is -0.264. The summed E-state index contributed by atoms with van der Waals surface area (Å²) in [6.45, 7) is 0. The number of alkyl halides is 1. The molecule has 0 spiro atoms. The lowest BCUT2D eigenvalue weighted by molar-refractivity contribution is -0.115. The molecule has 0 N–H and O–H groups in total. The second kappa shape index (κ2) is 7.03. The third kappa shape index (κ3) is 3.62. The Hall–Kier alpha value is -1.42. The summed E-state index contributed by atoms with van der Waals surface area (Å²) in [5.41, 5.74) is 1.26. The summed E-state index contributed by atoms with van der Waals surface area (Å²) in [6, 6.07) is 12.0. The number of hydrogen-bond donors (Lipinski definition) is 0. The van der Waals surface area contributed by atoms with Crippen LogP contribution in [-0.4, -0.2) is 18.9 Å². The molecular weight excluding hydrogens is 333 g/mol. The van der Waals surface area contributed by atoms with Crippen molar-refractivity contribution < 1.29 is 9.53 Å². The Labute approximate surface area is 138 Å². The van der Waals surface area contributed by atoms with E-state index in [0.717, 1.165) is 0 Å². The van der Waals surface area contributed by atoms with Crippen LogP contribution in [0.4, 0.5) is 11.4 Å². The number of anilines is 2. The zero-order valence-corrected chi connectivity index (χ0v) is 13.4. The third-order valence-corrected chi connectivity index (χ3v) is 3.62. The van der Waals surface area contributed by atoms with Gasteiger partial charge in [-0.3, -0.25) is 9.69 Å². The summed E-state index contributed by atoms with van der Waals surface area (Å²) in [7, 11) is 1.53. The Kier molecular flexibility index (Phi) is 5.34. The van der Waals surface area contributed by atoms with Gasteiger partial charge in [0.1, 0.15) is 11.6 Å². The highest BCUT2D eigenvalue weighted by Gasteiger charge is 2.18. The van der Waals surface area contributed by atoms with Crippen molar-refractivity contribution in [1.29, 1.82) is 0 Å². The normalized spacial score (nSPS) is 10.3. The van der Waals surface area contributed by atoms with Gasteiger partial charge in [-0.1, -0.05) is 23.2 Å². The number of rotatable bonds is 4. The monoisotopic (exact) mass is 343 g/mol. The van der Waals surface area contributed by atoms with Gasteiger partial charge in [-0.25, -0.2) is 0 Å². The predicted molar refractivity (Wildman–Crippen MR) is 87.3 cm³/mol. The lowest BCUT2D eigenvalue weighted by Crippen LogP contribution is -2.26. The zero-order valence-electron chi connectivity index (χ0n) is 11.1. The van der Waals surface area contributed by atoms with E-state index < -0.39 is 0 Å². The van der Waals surface area contributed by atoms with Gasteiger partial charge < -0.3 is 4.74 Å². The maximum absolute atomic E-state index is 12.2. The van der Waals surface area contributed by atoms with Crippen molar-refractivity contribution >= 4 is 52.1 Å². The first-order valence-corrected chi connectivity index (χ1v) is 7.34. The Morgan fingerprint density at radius 2 is 1.71 bits per heavy atom. The first-order chi connectivity index (χ1) is 10.1. The van der Waals surface area contributed by atoms with Crippen LogP contribution in [0, 0.1) is 0 Å². The number of benzene rings is 2. The van der Waals surface area contributed by atoms with Gasteiger partial charge in [0, 0.05) is 10.7 Å². The molecule has 0 bridgehead atoms. The molecule has 1 amide bonds. The number of nitrogens with zero attached hydrogens (tertiary/aromatic N) is 1. The average molecular weight is 345 g/mol. The van der Waals surface area contributed by atoms with Crippen molar-refractivity contribution in [2.45, 2.75) is 0 Å². The first-order valence-electron chi connectivity index (χ1n) is 6.05. The molecule has 0 atom stereocenters. The predicted octanol–water partition coefficient (Wildman–Crippen LogP) is 4.91. The average Bonchev–Trinajstić information content (AvgIpc) is 2.49. The van der Waals surface area contributed by atoms with E-state index in [-0.39, 0.29) is 11.8 Å². The fourth-order valence-corrected chi connectivity index (χ4v) is 2.38. The van der Waals surface area contributed by atoms with Crippen molar-refractivity contribution in [2.24, 2.45) is 0 Å². The molecule has 0 radical (unpaired) electrons. The van der Waals surface area contributed by atoms with E-state index in [1.54, 1.807) is 42.5 Å². The van der Waals surface area contributed by atoms with Gasteiger partial charge in [-0.05, 0) is 42.5 Å². The maximum atomic E-state index is 12.2. The summed E-state index contributed by atoms with van der Waals surface area (Å²) in [5, 5.41) is 1.00. The number of ether oxygens (including phenoxy) is 1. The van der Waals surface area contributed by atoms with Crippen molar-refractivity contribution in [3.8, 4) is 5.75 Å². The second-order valence-electron chi connectivity index (χ2n) is 4.16. The lowest BCUT2D eigenvalue weighted by atomic mass is 10.2. The van der Waals surface area contributed by atoms with Gasteiger partial charge in [0.15, 0.2) is 0 Å². The van der Waals surface area contributed by atoms with Gasteiger partial charge in [-0.2, -0.15) is 0 Å². The third-order valence-electron chi connectivity index (χ3n) is 2.84. The van der Waals surface area contributed by atoms with Crippen LogP contribution in [0.5, 0.6) is 5.75 Å². The molecule has 2 aromatic carbocycles. The highest BCUT2D eigenvalue weighted by Crippen LogP contribution is 2.33. The van der Waals surface area contributed by atoms with Crippen LogP contribution in [0.25, 0.3) is 0 Å². The largest absolute Gasteiger partial charge is 0.495 e. The van der Waals surface area contributed by atoms with Crippen LogP contribution in [0.3, 0.4) is 0 Å². The highest BCUT2D eigenvalue weighted by atomic mass is 35.5. The van der Waals surface area contributed by atoms with E-state index in [0.29, 0.717) is 27.2 Å². The minimum Gasteiger partial charge on any atom is -0.495 e. The minimum absolute atomic E-state index is 0.147. The molecule has 0 fully saturated rings. The van der Waals surface area contributed by atoms with Crippen LogP contribution in [-0.2, 0) is 4.79 Å². The number of carbonyl (C=O) groups is 1. The number of carbonyl (C=O) groups excluding carboxylic acids is 1. The maximum Gasteiger partial charge on any atom is 0.246 e. The second-order valence-corrected chi connectivity index (χ2v) is 5.27. The molecule has 110 valence electrons. The number of hydrogen-bond acceptors (Lipinski definition) is 2. The van der Waals surface area contributed by atoms with Crippen LogP contribution < -0.4 is 9.64 Å². The summed E-state index contributed by atoms with van der Waals surface area (Å²) in [5.74, 6) is 0.127. The van der Waals surface area contributed by atoms with Gasteiger partial charge in [0.05, 0.1) is 17.8 Å². The van der Waals surface area contributed by atoms with Gasteiger partial charge in [0.2, 0.25) is 5.91 Å². The summed E-state index contributed by atoms with van der Waals surface area (Å²) < 4.78 is 5.11. The Morgan fingerprint density at radius 1 is 1.10 bits per heavy atom. The van der Waals surface area contributed by atoms with Crippen LogP contribution >= 0.6 is 34.8 Å². The van der Waals surface area contributed by atoms with E-state index in [1.165, 1.54) is 12.0 Å². The highest BCUT2D eigenvalue weighted by molar-refractivity contribution is 6.33. The first kappa shape index (κ1) is 16.0. The molecule has 0 heterocycles. The van der Waals surface area contributed by atoms with Crippen molar-refractivity contribution in [1.82, 2.24) is 0 Å². The fourth-order valence-electron chi connectivity index (χ4n) is 1.88. The number of amides is 1. The molecule has 0 aromatic heterocycles. The van der Waals surface area contributed by atoms with Gasteiger partial charge in [-0.15, -0.1) is 11.6 Å². The van der Waals surface area contributed by atoms with E-state index in [2.05, 4.69) is 0 Å². The van der Waals surface area contributed by atoms with E-state index in [4.69, 9.17) is 39.5 Å². The molecular formula is C15H12Cl3NO2. The number of halogens is 3. The fraction of sp³-hybridized carbons (Fsp3) is 0.133. The van der Waals surface area contributed by atoms with Gasteiger partial charge in [0.25, 0.3) is 0 Å². The van der Waals surface area contributed by atoms with Crippen LogP contribution in [0.1, 0.15) is 0 Å². The SMILES string of the molecule is COc1ccc(N(C(=O)CCl)c2ccc(Cl)cc2)cc1Cl. The zero-order chi connectivity index (χ0) is 15.4. The molecule has 0 unspecified atom stereocenters. The van der Waals surface area contributed by atoms with Crippen molar-refractivity contribution in [3.63, 3.8) is 0 Å². The molecule has 2 aromatic rings. The van der Waals surface area contributed by atoms with E-state index in [1.807, 2.05) is 0 Å². The molecule has 2 rings (SSSR count). The lowest BCUT2D eigenvalue weighted by Gasteiger charge is -2.22. The molecule has 3 nitrogen and oxygen atoms in total. The van der Waals surface area contributed by atoms with Crippen molar-refractivity contribution in [3.05, 3.63) is 52.5 Å². The quantitative estimate of drug-likeness (QED) is 0.738. The molecule has 0 aliphatic heterocycles. The van der Waals surface area contributed by atoms with E-state index >= 15 is 0 Å². The molecule has 0 saturated heterocycles. The Balaban J connectivity index is 2.48. The van der Waals surface area contributed by atoms with Crippen molar-refractivity contribution in [2.75, 3.05) is 17.9 Å². The Morgan fingerprint density at radius 3 is 2.24 bits per heavy atom. The van der Waals surface area contributed by atoms with Crippen LogP contribution in [0.2, 0.25) is 10.0 Å².